The van der Waals surface area contributed by atoms with E-state index < -0.39 is 5.97 Å². The van der Waals surface area contributed by atoms with Gasteiger partial charge in [-0.3, -0.25) is 0 Å². The number of ether oxygens (including phenoxy) is 1. The summed E-state index contributed by atoms with van der Waals surface area (Å²) in [5, 5.41) is 9.13. The van der Waals surface area contributed by atoms with E-state index in [2.05, 4.69) is 4.98 Å². The van der Waals surface area contributed by atoms with Crippen LogP contribution in [0, 0.1) is 0 Å². The first-order chi connectivity index (χ1) is 8.11. The van der Waals surface area contributed by atoms with E-state index in [-0.39, 0.29) is 10.6 Å². The summed E-state index contributed by atoms with van der Waals surface area (Å²) in [6.07, 6.45) is 1.44. The van der Waals surface area contributed by atoms with E-state index in [1.54, 1.807) is 7.11 Å². The minimum atomic E-state index is -1.05. The Morgan fingerprint density at radius 3 is 2.88 bits per heavy atom. The normalized spacial score (nSPS) is 10.3. The van der Waals surface area contributed by atoms with Gasteiger partial charge in [0.05, 0.1) is 17.2 Å². The Bertz CT molecular complexity index is 398. The number of hydrogen-bond donors (Lipinski definition) is 1. The first kappa shape index (κ1) is 13.7. The Kier molecular flexibility index (Phi) is 5.18. The molecule has 94 valence electrons. The van der Waals surface area contributed by atoms with Crippen molar-refractivity contribution < 1.29 is 14.6 Å². The number of aromatic nitrogens is 1. The smallest absolute Gasteiger partial charge is 0.337 e. The second-order valence-corrected chi connectivity index (χ2v) is 3.75. The van der Waals surface area contributed by atoms with Crippen molar-refractivity contribution in [2.75, 3.05) is 31.7 Å². The molecule has 6 heteroatoms. The van der Waals surface area contributed by atoms with Gasteiger partial charge >= 0.3 is 5.97 Å². The predicted molar refractivity (Wildman–Crippen MR) is 66.0 cm³/mol. The van der Waals surface area contributed by atoms with Crippen molar-refractivity contribution in [3.8, 4) is 0 Å². The maximum Gasteiger partial charge on any atom is 0.337 e. The second kappa shape index (κ2) is 6.42. The molecule has 0 aliphatic carbocycles. The van der Waals surface area contributed by atoms with Crippen LogP contribution in [0.5, 0.6) is 0 Å². The molecule has 0 aliphatic heterocycles. The highest BCUT2D eigenvalue weighted by atomic mass is 35.5. The third kappa shape index (κ3) is 3.31. The summed E-state index contributed by atoms with van der Waals surface area (Å²) in [6.45, 7) is 3.77. The molecular weight excluding hydrogens is 244 g/mol. The summed E-state index contributed by atoms with van der Waals surface area (Å²) < 4.78 is 4.98. The van der Waals surface area contributed by atoms with Gasteiger partial charge in [-0.05, 0) is 13.0 Å². The van der Waals surface area contributed by atoms with Gasteiger partial charge in [-0.2, -0.15) is 0 Å². The number of methoxy groups -OCH3 is 1. The van der Waals surface area contributed by atoms with Crippen LogP contribution in [-0.4, -0.2) is 42.9 Å². The van der Waals surface area contributed by atoms with Gasteiger partial charge in [0.25, 0.3) is 0 Å². The van der Waals surface area contributed by atoms with E-state index in [1.165, 1.54) is 12.3 Å². The Balaban J connectivity index is 3.03. The van der Waals surface area contributed by atoms with Crippen molar-refractivity contribution in [2.45, 2.75) is 6.92 Å². The molecule has 0 aliphatic rings. The van der Waals surface area contributed by atoms with Gasteiger partial charge in [-0.25, -0.2) is 9.78 Å². The molecule has 0 fully saturated rings. The Labute approximate surface area is 105 Å². The molecule has 0 atom stereocenters. The molecule has 0 saturated heterocycles. The topological polar surface area (TPSA) is 62.7 Å². The van der Waals surface area contributed by atoms with Crippen LogP contribution >= 0.6 is 11.6 Å². The number of hydrogen-bond acceptors (Lipinski definition) is 4. The highest BCUT2D eigenvalue weighted by Crippen LogP contribution is 2.26. The maximum absolute atomic E-state index is 10.9. The number of aromatic carboxylic acids is 1. The summed E-state index contributed by atoms with van der Waals surface area (Å²) in [4.78, 5) is 16.9. The Hall–Kier alpha value is -1.33. The highest BCUT2D eigenvalue weighted by molar-refractivity contribution is 6.35. The molecule has 5 nitrogen and oxygen atoms in total. The molecule has 0 aromatic carbocycles. The number of carboxylic acid groups (broad SMARTS) is 1. The van der Waals surface area contributed by atoms with Crippen LogP contribution in [0.4, 0.5) is 5.82 Å². The Morgan fingerprint density at radius 1 is 1.65 bits per heavy atom. The third-order valence-electron chi connectivity index (χ3n) is 2.35. The summed E-state index contributed by atoms with van der Waals surface area (Å²) in [5.74, 6) is -0.576. The molecule has 1 N–H and O–H groups in total. The van der Waals surface area contributed by atoms with E-state index in [0.717, 1.165) is 0 Å². The lowest BCUT2D eigenvalue weighted by atomic mass is 10.2. The number of anilines is 1. The van der Waals surface area contributed by atoms with Gasteiger partial charge in [-0.1, -0.05) is 11.6 Å². The van der Waals surface area contributed by atoms with E-state index in [9.17, 15) is 4.79 Å². The van der Waals surface area contributed by atoms with Gasteiger partial charge in [0.15, 0.2) is 0 Å². The lowest BCUT2D eigenvalue weighted by molar-refractivity contribution is 0.0697. The van der Waals surface area contributed by atoms with Crippen LogP contribution in [0.3, 0.4) is 0 Å². The van der Waals surface area contributed by atoms with Crippen molar-refractivity contribution in [3.63, 3.8) is 0 Å². The molecule has 0 amide bonds. The molecule has 0 radical (unpaired) electrons. The zero-order chi connectivity index (χ0) is 12.8. The lowest BCUT2D eigenvalue weighted by Crippen LogP contribution is -2.28. The summed E-state index contributed by atoms with van der Waals surface area (Å²) >= 11 is 6.03. The summed E-state index contributed by atoms with van der Waals surface area (Å²) in [7, 11) is 1.61. The number of pyridine rings is 1. The standard InChI is InChI=1S/C11H15ClN2O3/c1-3-14(6-7-17-2)10-9(12)8(11(15)16)4-5-13-10/h4-5H,3,6-7H2,1-2H3,(H,15,16). The zero-order valence-electron chi connectivity index (χ0n) is 9.81. The molecule has 0 unspecified atom stereocenters. The average molecular weight is 259 g/mol. The van der Waals surface area contributed by atoms with Crippen molar-refractivity contribution in [2.24, 2.45) is 0 Å². The minimum Gasteiger partial charge on any atom is -0.478 e. The van der Waals surface area contributed by atoms with Gasteiger partial charge in [0.2, 0.25) is 0 Å². The molecule has 1 heterocycles. The first-order valence-corrected chi connectivity index (χ1v) is 5.61. The van der Waals surface area contributed by atoms with Gasteiger partial charge < -0.3 is 14.7 Å². The largest absolute Gasteiger partial charge is 0.478 e. The molecule has 1 aromatic rings. The minimum absolute atomic E-state index is 0.0625. The third-order valence-corrected chi connectivity index (χ3v) is 2.72. The molecular formula is C11H15ClN2O3. The molecule has 1 rings (SSSR count). The monoisotopic (exact) mass is 258 g/mol. The number of carboxylic acids is 1. The van der Waals surface area contributed by atoms with Gasteiger partial charge in [0, 0.05) is 26.4 Å². The van der Waals surface area contributed by atoms with Crippen LogP contribution in [0.25, 0.3) is 0 Å². The molecule has 1 aromatic heterocycles. The number of rotatable bonds is 6. The summed E-state index contributed by atoms with van der Waals surface area (Å²) in [5.41, 5.74) is 0.0625. The van der Waals surface area contributed by atoms with E-state index in [0.29, 0.717) is 25.5 Å². The Morgan fingerprint density at radius 2 is 2.35 bits per heavy atom. The van der Waals surface area contributed by atoms with Crippen molar-refractivity contribution >= 4 is 23.4 Å². The van der Waals surface area contributed by atoms with Crippen LogP contribution in [-0.2, 0) is 4.74 Å². The molecule has 0 bridgehead atoms. The van der Waals surface area contributed by atoms with Gasteiger partial charge in [-0.15, -0.1) is 0 Å². The SMILES string of the molecule is CCN(CCOC)c1nccc(C(=O)O)c1Cl. The number of nitrogens with zero attached hydrogens (tertiary/aromatic N) is 2. The maximum atomic E-state index is 10.9. The van der Waals surface area contributed by atoms with Crippen LogP contribution < -0.4 is 4.90 Å². The quantitative estimate of drug-likeness (QED) is 0.844. The second-order valence-electron chi connectivity index (χ2n) is 3.37. The lowest BCUT2D eigenvalue weighted by Gasteiger charge is -2.22. The fraction of sp³-hybridized carbons (Fsp3) is 0.455. The number of likely N-dealkylation sites (N-methyl/N-ethyl adjacent to an activating group) is 1. The van der Waals surface area contributed by atoms with Crippen LogP contribution in [0.15, 0.2) is 12.3 Å². The molecule has 0 spiro atoms. The van der Waals surface area contributed by atoms with Crippen molar-refractivity contribution in [1.29, 1.82) is 0 Å². The number of halogens is 1. The van der Waals surface area contributed by atoms with E-state index >= 15 is 0 Å². The van der Waals surface area contributed by atoms with Gasteiger partial charge in [0.1, 0.15) is 5.82 Å². The van der Waals surface area contributed by atoms with Crippen molar-refractivity contribution in [1.82, 2.24) is 4.98 Å². The van der Waals surface area contributed by atoms with Crippen LogP contribution in [0.1, 0.15) is 17.3 Å². The average Bonchev–Trinajstić information content (AvgIpc) is 2.31. The van der Waals surface area contributed by atoms with Crippen LogP contribution in [0.2, 0.25) is 5.02 Å². The fourth-order valence-corrected chi connectivity index (χ4v) is 1.75. The zero-order valence-corrected chi connectivity index (χ0v) is 10.6. The first-order valence-electron chi connectivity index (χ1n) is 5.23. The number of carbonyl (C=O) groups is 1. The fourth-order valence-electron chi connectivity index (χ4n) is 1.43. The predicted octanol–water partition coefficient (Wildman–Crippen LogP) is 1.91. The summed E-state index contributed by atoms with van der Waals surface area (Å²) in [6, 6.07) is 1.39. The molecule has 17 heavy (non-hydrogen) atoms. The molecule has 0 saturated carbocycles. The van der Waals surface area contributed by atoms with E-state index in [4.69, 9.17) is 21.4 Å². The van der Waals surface area contributed by atoms with E-state index in [1.807, 2.05) is 11.8 Å². The highest BCUT2D eigenvalue weighted by Gasteiger charge is 2.16. The van der Waals surface area contributed by atoms with Crippen molar-refractivity contribution in [3.05, 3.63) is 22.8 Å².